The average molecular weight is 426 g/mol. The first-order chi connectivity index (χ1) is 14.5. The van der Waals surface area contributed by atoms with Crippen LogP contribution in [0.5, 0.6) is 0 Å². The van der Waals surface area contributed by atoms with Gasteiger partial charge in [0.2, 0.25) is 5.91 Å². The molecule has 0 atom stereocenters. The van der Waals surface area contributed by atoms with Crippen LogP contribution in [-0.4, -0.2) is 30.2 Å². The number of thiophene rings is 1. The number of carbonyl (C=O) groups is 3. The van der Waals surface area contributed by atoms with E-state index in [1.165, 1.54) is 0 Å². The molecule has 9 nitrogen and oxygen atoms in total. The standard InChI is InChI=1S/C20H18N4O5S/c1-2-28-20(27)17-14(13(10-21)18(22)30-17)11-29-19(26)15-8-9-16(25)24(23-15)12-6-4-3-5-7-12/h3-7H,2,8-9,11,22H2,1H3. The Balaban J connectivity index is 1.80. The third-order valence-electron chi connectivity index (χ3n) is 4.22. The molecule has 0 fully saturated rings. The Bertz CT molecular complexity index is 1060. The van der Waals surface area contributed by atoms with E-state index in [4.69, 9.17) is 15.2 Å². The molecule has 1 aromatic heterocycles. The summed E-state index contributed by atoms with van der Waals surface area (Å²) in [4.78, 5) is 37.0. The van der Waals surface area contributed by atoms with Gasteiger partial charge in [0.1, 0.15) is 28.3 Å². The molecule has 1 aromatic carbocycles. The number of benzene rings is 1. The number of carbonyl (C=O) groups excluding carboxylic acids is 3. The lowest BCUT2D eigenvalue weighted by atomic mass is 10.1. The van der Waals surface area contributed by atoms with Crippen LogP contribution >= 0.6 is 11.3 Å². The number of nitrogen functional groups attached to an aromatic ring is 1. The van der Waals surface area contributed by atoms with Crippen LogP contribution in [0.25, 0.3) is 0 Å². The number of hydrazone groups is 1. The minimum absolute atomic E-state index is 0.0675. The van der Waals surface area contributed by atoms with Crippen molar-refractivity contribution in [2.75, 3.05) is 17.3 Å². The molecular weight excluding hydrogens is 408 g/mol. The predicted molar refractivity (Wildman–Crippen MR) is 110 cm³/mol. The number of anilines is 2. The summed E-state index contributed by atoms with van der Waals surface area (Å²) in [6.07, 6.45) is 0.231. The highest BCUT2D eigenvalue weighted by Gasteiger charge is 2.28. The Morgan fingerprint density at radius 3 is 2.63 bits per heavy atom. The number of hydrogen-bond donors (Lipinski definition) is 1. The summed E-state index contributed by atoms with van der Waals surface area (Å²) in [5.41, 5.74) is 6.68. The van der Waals surface area contributed by atoms with Gasteiger partial charge in [0, 0.05) is 18.4 Å². The molecule has 3 rings (SSSR count). The fourth-order valence-electron chi connectivity index (χ4n) is 2.80. The first-order valence-electron chi connectivity index (χ1n) is 9.07. The Morgan fingerprint density at radius 1 is 1.23 bits per heavy atom. The molecule has 0 radical (unpaired) electrons. The zero-order valence-electron chi connectivity index (χ0n) is 16.1. The average Bonchev–Trinajstić information content (AvgIpc) is 3.08. The number of rotatable bonds is 6. The zero-order chi connectivity index (χ0) is 21.7. The molecule has 1 aliphatic rings. The molecule has 0 saturated heterocycles. The molecule has 30 heavy (non-hydrogen) atoms. The minimum Gasteiger partial charge on any atom is -0.462 e. The number of esters is 2. The SMILES string of the molecule is CCOC(=O)c1sc(N)c(C#N)c1COC(=O)C1=NN(c2ccccc2)C(=O)CC1. The van der Waals surface area contributed by atoms with Crippen LogP contribution in [0.4, 0.5) is 10.7 Å². The minimum atomic E-state index is -0.744. The maximum Gasteiger partial charge on any atom is 0.354 e. The van der Waals surface area contributed by atoms with Crippen molar-refractivity contribution in [1.29, 1.82) is 5.26 Å². The number of hydrogen-bond acceptors (Lipinski definition) is 9. The summed E-state index contributed by atoms with van der Waals surface area (Å²) in [7, 11) is 0. The number of nitrogens with zero attached hydrogens (tertiary/aromatic N) is 3. The van der Waals surface area contributed by atoms with E-state index >= 15 is 0 Å². The van der Waals surface area contributed by atoms with E-state index in [1.54, 1.807) is 37.3 Å². The van der Waals surface area contributed by atoms with Crippen molar-refractivity contribution in [2.24, 2.45) is 5.10 Å². The number of amides is 1. The molecule has 2 aromatic rings. The zero-order valence-corrected chi connectivity index (χ0v) is 16.9. The van der Waals surface area contributed by atoms with Crippen molar-refractivity contribution in [3.63, 3.8) is 0 Å². The van der Waals surface area contributed by atoms with Crippen molar-refractivity contribution in [3.8, 4) is 6.07 Å². The van der Waals surface area contributed by atoms with Crippen LogP contribution in [0, 0.1) is 11.3 Å². The van der Waals surface area contributed by atoms with Gasteiger partial charge in [-0.2, -0.15) is 10.4 Å². The van der Waals surface area contributed by atoms with E-state index in [2.05, 4.69) is 5.10 Å². The Kier molecular flexibility index (Phi) is 6.44. The fourth-order valence-corrected chi connectivity index (χ4v) is 3.72. The molecular formula is C20H18N4O5S. The highest BCUT2D eigenvalue weighted by Crippen LogP contribution is 2.32. The summed E-state index contributed by atoms with van der Waals surface area (Å²) in [6.45, 7) is 1.46. The summed E-state index contributed by atoms with van der Waals surface area (Å²) >= 11 is 0.905. The van der Waals surface area contributed by atoms with E-state index in [0.717, 1.165) is 16.3 Å². The molecule has 1 aliphatic heterocycles. The van der Waals surface area contributed by atoms with Crippen LogP contribution in [0.1, 0.15) is 40.6 Å². The topological polar surface area (TPSA) is 135 Å². The van der Waals surface area contributed by atoms with Gasteiger partial charge in [-0.3, -0.25) is 4.79 Å². The largest absolute Gasteiger partial charge is 0.462 e. The van der Waals surface area contributed by atoms with Gasteiger partial charge < -0.3 is 15.2 Å². The second-order valence-electron chi connectivity index (χ2n) is 6.15. The van der Waals surface area contributed by atoms with Gasteiger partial charge >= 0.3 is 11.9 Å². The van der Waals surface area contributed by atoms with Crippen molar-refractivity contribution in [3.05, 3.63) is 46.3 Å². The molecule has 0 bridgehead atoms. The summed E-state index contributed by atoms with van der Waals surface area (Å²) in [5.74, 6) is -1.62. The third kappa shape index (κ3) is 4.31. The lowest BCUT2D eigenvalue weighted by Crippen LogP contribution is -2.34. The molecule has 0 spiro atoms. The van der Waals surface area contributed by atoms with Gasteiger partial charge in [-0.1, -0.05) is 18.2 Å². The van der Waals surface area contributed by atoms with E-state index in [1.807, 2.05) is 6.07 Å². The van der Waals surface area contributed by atoms with Crippen molar-refractivity contribution in [2.45, 2.75) is 26.4 Å². The predicted octanol–water partition coefficient (Wildman–Crippen LogP) is 2.60. The van der Waals surface area contributed by atoms with E-state index in [9.17, 15) is 19.6 Å². The van der Waals surface area contributed by atoms with E-state index < -0.39 is 11.9 Å². The molecule has 0 unspecified atom stereocenters. The highest BCUT2D eigenvalue weighted by molar-refractivity contribution is 7.18. The highest BCUT2D eigenvalue weighted by atomic mass is 32.1. The maximum atomic E-state index is 12.6. The molecule has 154 valence electrons. The lowest BCUT2D eigenvalue weighted by molar-refractivity contribution is -0.137. The van der Waals surface area contributed by atoms with Gasteiger partial charge in [0.05, 0.1) is 17.9 Å². The van der Waals surface area contributed by atoms with E-state index in [0.29, 0.717) is 5.69 Å². The summed E-state index contributed by atoms with van der Waals surface area (Å²) < 4.78 is 10.3. The Hall–Kier alpha value is -3.71. The van der Waals surface area contributed by atoms with Crippen molar-refractivity contribution >= 4 is 45.6 Å². The molecule has 10 heteroatoms. The van der Waals surface area contributed by atoms with Gasteiger partial charge in [-0.15, -0.1) is 11.3 Å². The summed E-state index contributed by atoms with van der Waals surface area (Å²) in [6, 6.07) is 10.6. The quantitative estimate of drug-likeness (QED) is 0.701. The third-order valence-corrected chi connectivity index (χ3v) is 5.26. The second-order valence-corrected chi connectivity index (χ2v) is 7.20. The number of ether oxygens (including phenoxy) is 2. The lowest BCUT2D eigenvalue weighted by Gasteiger charge is -2.22. The van der Waals surface area contributed by atoms with Gasteiger partial charge in [0.15, 0.2) is 0 Å². The van der Waals surface area contributed by atoms with Crippen molar-refractivity contribution < 1.29 is 23.9 Å². The number of para-hydroxylation sites is 1. The Morgan fingerprint density at radius 2 is 1.97 bits per heavy atom. The molecule has 2 N–H and O–H groups in total. The smallest absolute Gasteiger partial charge is 0.354 e. The first kappa shape index (κ1) is 21.0. The van der Waals surface area contributed by atoms with Crippen LogP contribution in [0.3, 0.4) is 0 Å². The molecule has 1 amide bonds. The molecule has 2 heterocycles. The fraction of sp³-hybridized carbons (Fsp3) is 0.250. The van der Waals surface area contributed by atoms with Crippen LogP contribution < -0.4 is 10.7 Å². The van der Waals surface area contributed by atoms with Crippen LogP contribution in [-0.2, 0) is 25.7 Å². The van der Waals surface area contributed by atoms with Crippen molar-refractivity contribution in [1.82, 2.24) is 0 Å². The monoisotopic (exact) mass is 426 g/mol. The number of nitriles is 1. The first-order valence-corrected chi connectivity index (χ1v) is 9.88. The van der Waals surface area contributed by atoms with Gasteiger partial charge in [-0.05, 0) is 19.1 Å². The normalized spacial score (nSPS) is 13.4. The number of nitrogens with two attached hydrogens (primary N) is 1. The van der Waals surface area contributed by atoms with Gasteiger partial charge in [0.25, 0.3) is 0 Å². The molecule has 0 aliphatic carbocycles. The van der Waals surface area contributed by atoms with Crippen LogP contribution in [0.2, 0.25) is 0 Å². The van der Waals surface area contributed by atoms with Crippen LogP contribution in [0.15, 0.2) is 35.4 Å². The second kappa shape index (κ2) is 9.19. The molecule has 0 saturated carbocycles. The summed E-state index contributed by atoms with van der Waals surface area (Å²) in [5, 5.41) is 14.8. The Labute approximate surface area is 176 Å². The van der Waals surface area contributed by atoms with Gasteiger partial charge in [-0.25, -0.2) is 14.6 Å². The van der Waals surface area contributed by atoms with E-state index in [-0.39, 0.29) is 58.7 Å². The maximum absolute atomic E-state index is 12.6.